The monoisotopic (exact) mass is 571 g/mol. The molecule has 1 aromatic carbocycles. The van der Waals surface area contributed by atoms with Gasteiger partial charge in [0.1, 0.15) is 22.8 Å². The zero-order valence-corrected chi connectivity index (χ0v) is 22.7. The number of carboxylic acids is 1. The molecule has 0 atom stereocenters. The quantitative estimate of drug-likeness (QED) is 0.185. The van der Waals surface area contributed by atoms with Crippen LogP contribution in [0, 0.1) is 20.8 Å². The van der Waals surface area contributed by atoms with E-state index in [4.69, 9.17) is 32.6 Å². The smallest absolute Gasteiger partial charge is 0.303 e. The van der Waals surface area contributed by atoms with Gasteiger partial charge in [0.05, 0.1) is 0 Å². The molecule has 0 aliphatic rings. The Kier molecular flexibility index (Phi) is 9.80. The fourth-order valence-corrected chi connectivity index (χ4v) is 3.58. The van der Waals surface area contributed by atoms with E-state index >= 15 is 0 Å². The summed E-state index contributed by atoms with van der Waals surface area (Å²) in [6.45, 7) is 4.93. The lowest BCUT2D eigenvalue weighted by Gasteiger charge is -2.17. The largest absolute Gasteiger partial charge is 0.484 e. The summed E-state index contributed by atoms with van der Waals surface area (Å²) in [5.41, 5.74) is 0.0731. The summed E-state index contributed by atoms with van der Waals surface area (Å²) in [6.07, 6.45) is 1.79. The Labute approximate surface area is 233 Å². The molecule has 16 nitrogen and oxygen atoms in total. The van der Waals surface area contributed by atoms with Crippen LogP contribution in [0.2, 0.25) is 0 Å². The standard InChI is InChI=1S/C25H29N7O9/c1-14-27-30-20(39-14)11-36-17-9-18(37-12-21-31-28-15(2)40-21)24(25(35)26-8-6-4-5-7-23(33)34)19(10-17)38-13-22-32-29-16(3)41-22/h9-10H,4-8,11-13H2,1-3H3,(H,26,35)(H,33,34). The average Bonchev–Trinajstić information content (AvgIpc) is 3.67. The fourth-order valence-electron chi connectivity index (χ4n) is 3.58. The molecule has 0 radical (unpaired) electrons. The molecule has 218 valence electrons. The van der Waals surface area contributed by atoms with Crippen LogP contribution >= 0.6 is 0 Å². The van der Waals surface area contributed by atoms with Crippen LogP contribution in [0.1, 0.15) is 71.4 Å². The number of nitrogens with one attached hydrogen (secondary N) is 1. The zero-order chi connectivity index (χ0) is 29.2. The summed E-state index contributed by atoms with van der Waals surface area (Å²) >= 11 is 0. The molecule has 0 aliphatic carbocycles. The van der Waals surface area contributed by atoms with Gasteiger partial charge in [0.25, 0.3) is 23.6 Å². The summed E-state index contributed by atoms with van der Waals surface area (Å²) in [5.74, 6) is 0.895. The number of hydrogen-bond donors (Lipinski definition) is 2. The van der Waals surface area contributed by atoms with Crippen LogP contribution in [0.25, 0.3) is 0 Å². The molecular formula is C25H29N7O9. The maximum atomic E-state index is 13.4. The van der Waals surface area contributed by atoms with Crippen molar-refractivity contribution in [2.45, 2.75) is 66.3 Å². The van der Waals surface area contributed by atoms with Crippen molar-refractivity contribution < 1.29 is 42.2 Å². The summed E-state index contributed by atoms with van der Waals surface area (Å²) in [7, 11) is 0. The first-order chi connectivity index (χ1) is 19.8. The van der Waals surface area contributed by atoms with Gasteiger partial charge in [-0.3, -0.25) is 9.59 Å². The van der Waals surface area contributed by atoms with Gasteiger partial charge in [-0.2, -0.15) is 0 Å². The molecular weight excluding hydrogens is 542 g/mol. The third kappa shape index (κ3) is 8.74. The number of ether oxygens (including phenoxy) is 3. The highest BCUT2D eigenvalue weighted by molar-refractivity contribution is 6.00. The Bertz CT molecular complexity index is 1400. The molecule has 3 heterocycles. The third-order valence-corrected chi connectivity index (χ3v) is 5.39. The Morgan fingerprint density at radius 3 is 1.66 bits per heavy atom. The van der Waals surface area contributed by atoms with Crippen LogP contribution in [-0.2, 0) is 24.6 Å². The van der Waals surface area contributed by atoms with Crippen molar-refractivity contribution in [2.24, 2.45) is 0 Å². The van der Waals surface area contributed by atoms with Crippen LogP contribution in [0.4, 0.5) is 0 Å². The molecule has 0 spiro atoms. The zero-order valence-electron chi connectivity index (χ0n) is 22.7. The number of benzene rings is 1. The minimum absolute atomic E-state index is 0.0483. The lowest BCUT2D eigenvalue weighted by molar-refractivity contribution is -0.137. The molecule has 0 bridgehead atoms. The molecule has 0 aliphatic heterocycles. The number of nitrogens with zero attached hydrogens (tertiary/aromatic N) is 6. The molecule has 0 unspecified atom stereocenters. The number of carbonyl (C=O) groups excluding carboxylic acids is 1. The van der Waals surface area contributed by atoms with Crippen LogP contribution in [0.3, 0.4) is 0 Å². The van der Waals surface area contributed by atoms with Gasteiger partial charge in [0, 0.05) is 45.9 Å². The highest BCUT2D eigenvalue weighted by Crippen LogP contribution is 2.36. The van der Waals surface area contributed by atoms with Crippen molar-refractivity contribution in [1.29, 1.82) is 0 Å². The van der Waals surface area contributed by atoms with Crippen molar-refractivity contribution >= 4 is 11.9 Å². The molecule has 0 fully saturated rings. The van der Waals surface area contributed by atoms with E-state index in [-0.39, 0.29) is 66.7 Å². The minimum atomic E-state index is -0.859. The Balaban J connectivity index is 1.58. The number of rotatable bonds is 16. The highest BCUT2D eigenvalue weighted by Gasteiger charge is 2.23. The number of aryl methyl sites for hydroxylation is 3. The van der Waals surface area contributed by atoms with E-state index in [9.17, 15) is 9.59 Å². The summed E-state index contributed by atoms with van der Waals surface area (Å²) in [5, 5.41) is 34.8. The SMILES string of the molecule is Cc1nnc(COc2cc(OCc3nnc(C)o3)c(C(=O)NCCCCCC(=O)O)c(OCc3nnc(C)o3)c2)o1. The van der Waals surface area contributed by atoms with Crippen LogP contribution < -0.4 is 19.5 Å². The Hall–Kier alpha value is -5.02. The van der Waals surface area contributed by atoms with Gasteiger partial charge in [0.15, 0.2) is 19.8 Å². The van der Waals surface area contributed by atoms with Crippen LogP contribution in [0.5, 0.6) is 17.2 Å². The fraction of sp³-hybridized carbons (Fsp3) is 0.440. The van der Waals surface area contributed by atoms with Gasteiger partial charge in [0.2, 0.25) is 17.7 Å². The van der Waals surface area contributed by atoms with Gasteiger partial charge in [-0.05, 0) is 12.8 Å². The normalized spacial score (nSPS) is 10.9. The van der Waals surface area contributed by atoms with E-state index < -0.39 is 11.9 Å². The predicted octanol–water partition coefficient (Wildman–Crippen LogP) is 2.87. The number of carbonyl (C=O) groups is 2. The second-order valence-corrected chi connectivity index (χ2v) is 8.77. The van der Waals surface area contributed by atoms with Crippen molar-refractivity contribution in [3.8, 4) is 17.2 Å². The average molecular weight is 572 g/mol. The number of hydrogen-bond acceptors (Lipinski definition) is 14. The summed E-state index contributed by atoms with van der Waals surface area (Å²) in [6, 6.07) is 3.02. The van der Waals surface area contributed by atoms with E-state index in [1.807, 2.05) is 0 Å². The summed E-state index contributed by atoms with van der Waals surface area (Å²) < 4.78 is 33.9. The molecule has 16 heteroatoms. The van der Waals surface area contributed by atoms with E-state index in [0.29, 0.717) is 43.5 Å². The molecule has 0 saturated carbocycles. The first kappa shape index (κ1) is 29.0. The highest BCUT2D eigenvalue weighted by atomic mass is 16.5. The van der Waals surface area contributed by atoms with Gasteiger partial charge in [-0.15, -0.1) is 30.6 Å². The number of carboxylic acid groups (broad SMARTS) is 1. The molecule has 4 aromatic rings. The molecule has 2 N–H and O–H groups in total. The second kappa shape index (κ2) is 13.9. The third-order valence-electron chi connectivity index (χ3n) is 5.39. The van der Waals surface area contributed by atoms with E-state index in [1.165, 1.54) is 12.1 Å². The molecule has 1 amide bonds. The van der Waals surface area contributed by atoms with E-state index in [2.05, 4.69) is 35.9 Å². The first-order valence-electron chi connectivity index (χ1n) is 12.7. The van der Waals surface area contributed by atoms with Crippen LogP contribution in [0.15, 0.2) is 25.4 Å². The summed E-state index contributed by atoms with van der Waals surface area (Å²) in [4.78, 5) is 24.1. The number of amides is 1. The molecule has 3 aromatic heterocycles. The topological polar surface area (TPSA) is 211 Å². The minimum Gasteiger partial charge on any atom is -0.484 e. The number of aliphatic carboxylic acids is 1. The Morgan fingerprint density at radius 2 is 1.22 bits per heavy atom. The number of unbranched alkanes of at least 4 members (excludes halogenated alkanes) is 2. The Morgan fingerprint density at radius 1 is 0.732 bits per heavy atom. The van der Waals surface area contributed by atoms with Crippen molar-refractivity contribution in [2.75, 3.05) is 6.54 Å². The lowest BCUT2D eigenvalue weighted by Crippen LogP contribution is -2.26. The predicted molar refractivity (Wildman–Crippen MR) is 135 cm³/mol. The first-order valence-corrected chi connectivity index (χ1v) is 12.7. The van der Waals surface area contributed by atoms with Gasteiger partial charge < -0.3 is 37.9 Å². The van der Waals surface area contributed by atoms with Gasteiger partial charge >= 0.3 is 5.97 Å². The lowest BCUT2D eigenvalue weighted by atomic mass is 10.1. The molecule has 0 saturated heterocycles. The van der Waals surface area contributed by atoms with Crippen molar-refractivity contribution in [3.05, 3.63) is 53.0 Å². The van der Waals surface area contributed by atoms with Gasteiger partial charge in [-0.1, -0.05) is 6.42 Å². The molecule has 4 rings (SSSR count). The second-order valence-electron chi connectivity index (χ2n) is 8.77. The van der Waals surface area contributed by atoms with Crippen molar-refractivity contribution in [1.82, 2.24) is 35.9 Å². The molecule has 41 heavy (non-hydrogen) atoms. The number of aromatic nitrogens is 6. The van der Waals surface area contributed by atoms with Crippen molar-refractivity contribution in [3.63, 3.8) is 0 Å². The maximum absolute atomic E-state index is 13.4. The van der Waals surface area contributed by atoms with Gasteiger partial charge in [-0.25, -0.2) is 0 Å². The van der Waals surface area contributed by atoms with E-state index in [1.54, 1.807) is 20.8 Å². The van der Waals surface area contributed by atoms with E-state index in [0.717, 1.165) is 0 Å². The maximum Gasteiger partial charge on any atom is 0.303 e. The van der Waals surface area contributed by atoms with Crippen LogP contribution in [-0.4, -0.2) is 54.1 Å².